The van der Waals surface area contributed by atoms with Gasteiger partial charge in [-0.1, -0.05) is 39.1 Å². The first-order valence-electron chi connectivity index (χ1n) is 3.38. The van der Waals surface area contributed by atoms with Gasteiger partial charge in [-0.05, 0) is 12.1 Å². The van der Waals surface area contributed by atoms with E-state index in [2.05, 4.69) is 15.9 Å². The summed E-state index contributed by atoms with van der Waals surface area (Å²) in [6.45, 7) is 0.623. The molecule has 1 aromatic carbocycles. The zero-order valence-corrected chi connectivity index (χ0v) is 9.29. The minimum absolute atomic E-state index is 0.517. The van der Waals surface area contributed by atoms with Crippen molar-refractivity contribution in [3.8, 4) is 5.75 Å². The first-order valence-corrected chi connectivity index (χ1v) is 5.25. The zero-order chi connectivity index (χ0) is 8.97. The second-order valence-electron chi connectivity index (χ2n) is 2.11. The van der Waals surface area contributed by atoms with E-state index in [1.165, 1.54) is 0 Å². The molecule has 66 valence electrons. The first-order chi connectivity index (χ1) is 5.74. The van der Waals surface area contributed by atoms with Crippen molar-refractivity contribution in [1.29, 1.82) is 0 Å². The van der Waals surface area contributed by atoms with Crippen LogP contribution in [0, 0.1) is 0 Å². The molecule has 0 bridgehead atoms. The third-order valence-corrected chi connectivity index (χ3v) is 2.30. The standard InChI is InChI=1S/C8H7BrCl2O/c9-3-4-12-6-1-2-7(10)8(11)5-6/h1-2,5H,3-4H2. The van der Waals surface area contributed by atoms with Gasteiger partial charge in [-0.15, -0.1) is 0 Å². The molecule has 1 nitrogen and oxygen atoms in total. The number of alkyl halides is 1. The molecular weight excluding hydrogens is 263 g/mol. The van der Waals surface area contributed by atoms with Crippen molar-refractivity contribution < 1.29 is 4.74 Å². The van der Waals surface area contributed by atoms with E-state index in [1.807, 2.05) is 0 Å². The van der Waals surface area contributed by atoms with E-state index >= 15 is 0 Å². The number of hydrogen-bond acceptors (Lipinski definition) is 1. The van der Waals surface area contributed by atoms with Gasteiger partial charge in [-0.3, -0.25) is 0 Å². The van der Waals surface area contributed by atoms with Crippen molar-refractivity contribution in [3.63, 3.8) is 0 Å². The average molecular weight is 270 g/mol. The van der Waals surface area contributed by atoms with Crippen molar-refractivity contribution in [1.82, 2.24) is 0 Å². The van der Waals surface area contributed by atoms with Crippen molar-refractivity contribution in [2.45, 2.75) is 0 Å². The van der Waals surface area contributed by atoms with Crippen LogP contribution in [-0.2, 0) is 0 Å². The lowest BCUT2D eigenvalue weighted by atomic mass is 10.3. The second-order valence-corrected chi connectivity index (χ2v) is 3.72. The summed E-state index contributed by atoms with van der Waals surface area (Å²) in [5.74, 6) is 0.740. The summed E-state index contributed by atoms with van der Waals surface area (Å²) >= 11 is 14.7. The summed E-state index contributed by atoms with van der Waals surface area (Å²) in [6.07, 6.45) is 0. The van der Waals surface area contributed by atoms with Crippen molar-refractivity contribution >= 4 is 39.1 Å². The molecule has 0 aliphatic carbocycles. The number of halogens is 3. The lowest BCUT2D eigenvalue weighted by molar-refractivity contribution is 0.345. The predicted molar refractivity (Wildman–Crippen MR) is 55.8 cm³/mol. The number of hydrogen-bond donors (Lipinski definition) is 0. The Labute approximate surface area is 89.7 Å². The molecule has 0 aliphatic rings. The fourth-order valence-corrected chi connectivity index (χ4v) is 1.17. The van der Waals surface area contributed by atoms with Gasteiger partial charge >= 0.3 is 0 Å². The van der Waals surface area contributed by atoms with E-state index in [4.69, 9.17) is 27.9 Å². The van der Waals surface area contributed by atoms with Crippen LogP contribution in [0.2, 0.25) is 10.0 Å². The van der Waals surface area contributed by atoms with Crippen LogP contribution in [0.1, 0.15) is 0 Å². The molecule has 0 amide bonds. The molecule has 0 radical (unpaired) electrons. The highest BCUT2D eigenvalue weighted by Gasteiger charge is 1.98. The first kappa shape index (κ1) is 10.2. The highest BCUT2D eigenvalue weighted by Crippen LogP contribution is 2.26. The molecule has 0 saturated heterocycles. The van der Waals surface area contributed by atoms with Crippen molar-refractivity contribution in [3.05, 3.63) is 28.2 Å². The molecule has 0 saturated carbocycles. The van der Waals surface area contributed by atoms with Gasteiger partial charge in [0.15, 0.2) is 0 Å². The summed E-state index contributed by atoms with van der Waals surface area (Å²) in [5, 5.41) is 1.86. The highest BCUT2D eigenvalue weighted by molar-refractivity contribution is 9.09. The molecule has 1 aromatic rings. The van der Waals surface area contributed by atoms with Crippen molar-refractivity contribution in [2.24, 2.45) is 0 Å². The third-order valence-electron chi connectivity index (χ3n) is 1.24. The number of ether oxygens (including phenoxy) is 1. The molecule has 4 heteroatoms. The SMILES string of the molecule is Clc1ccc(OCCBr)cc1Cl. The van der Waals surface area contributed by atoms with Crippen LogP contribution in [0.5, 0.6) is 5.75 Å². The van der Waals surface area contributed by atoms with Crippen LogP contribution in [0.15, 0.2) is 18.2 Å². The number of benzene rings is 1. The van der Waals surface area contributed by atoms with E-state index in [9.17, 15) is 0 Å². The molecule has 0 atom stereocenters. The lowest BCUT2D eigenvalue weighted by Crippen LogP contribution is -1.97. The molecular formula is C8H7BrCl2O. The smallest absolute Gasteiger partial charge is 0.120 e. The third kappa shape index (κ3) is 2.85. The van der Waals surface area contributed by atoms with Gasteiger partial charge in [-0.2, -0.15) is 0 Å². The van der Waals surface area contributed by atoms with Gasteiger partial charge in [0.25, 0.3) is 0 Å². The van der Waals surface area contributed by atoms with Gasteiger partial charge in [0.05, 0.1) is 16.7 Å². The average Bonchev–Trinajstić information content (AvgIpc) is 2.07. The maximum atomic E-state index is 5.77. The Morgan fingerprint density at radius 2 is 2.00 bits per heavy atom. The van der Waals surface area contributed by atoms with Gasteiger partial charge < -0.3 is 4.74 Å². The van der Waals surface area contributed by atoms with Gasteiger partial charge in [0.1, 0.15) is 5.75 Å². The molecule has 0 aliphatic heterocycles. The molecule has 0 N–H and O–H groups in total. The van der Waals surface area contributed by atoms with Crippen LogP contribution in [0.4, 0.5) is 0 Å². The summed E-state index contributed by atoms with van der Waals surface area (Å²) in [4.78, 5) is 0. The van der Waals surface area contributed by atoms with Crippen LogP contribution in [0.25, 0.3) is 0 Å². The number of rotatable bonds is 3. The van der Waals surface area contributed by atoms with E-state index in [1.54, 1.807) is 18.2 Å². The Morgan fingerprint density at radius 1 is 1.25 bits per heavy atom. The fourth-order valence-electron chi connectivity index (χ4n) is 0.723. The van der Waals surface area contributed by atoms with Crippen LogP contribution >= 0.6 is 39.1 Å². The highest BCUT2D eigenvalue weighted by atomic mass is 79.9. The Bertz CT molecular complexity index is 265. The summed E-state index contributed by atoms with van der Waals surface area (Å²) in [7, 11) is 0. The van der Waals surface area contributed by atoms with Crippen LogP contribution in [0.3, 0.4) is 0 Å². The van der Waals surface area contributed by atoms with E-state index in [0.29, 0.717) is 16.7 Å². The maximum Gasteiger partial charge on any atom is 0.120 e. The molecule has 0 fully saturated rings. The minimum atomic E-state index is 0.517. The molecule has 0 aromatic heterocycles. The molecule has 1 rings (SSSR count). The normalized spacial score (nSPS) is 9.92. The zero-order valence-electron chi connectivity index (χ0n) is 6.19. The summed E-state index contributed by atoms with van der Waals surface area (Å²) < 4.78 is 5.30. The molecule has 0 unspecified atom stereocenters. The Hall–Kier alpha value is 0.0800. The van der Waals surface area contributed by atoms with Gasteiger partial charge in [-0.25, -0.2) is 0 Å². The lowest BCUT2D eigenvalue weighted by Gasteiger charge is -2.04. The van der Waals surface area contributed by atoms with Crippen molar-refractivity contribution in [2.75, 3.05) is 11.9 Å². The Balaban J connectivity index is 2.69. The minimum Gasteiger partial charge on any atom is -0.493 e. The van der Waals surface area contributed by atoms with Gasteiger partial charge in [0.2, 0.25) is 0 Å². The molecule has 0 spiro atoms. The molecule has 0 heterocycles. The predicted octanol–water partition coefficient (Wildman–Crippen LogP) is 3.77. The van der Waals surface area contributed by atoms with E-state index < -0.39 is 0 Å². The largest absolute Gasteiger partial charge is 0.493 e. The summed E-state index contributed by atoms with van der Waals surface area (Å²) in [6, 6.07) is 5.21. The Morgan fingerprint density at radius 3 is 2.58 bits per heavy atom. The monoisotopic (exact) mass is 268 g/mol. The van der Waals surface area contributed by atoms with Crippen LogP contribution < -0.4 is 4.74 Å². The second kappa shape index (κ2) is 4.95. The maximum absolute atomic E-state index is 5.77. The topological polar surface area (TPSA) is 9.23 Å². The Kier molecular flexibility index (Phi) is 4.19. The molecule has 12 heavy (non-hydrogen) atoms. The van der Waals surface area contributed by atoms with Gasteiger partial charge in [0, 0.05) is 11.4 Å². The van der Waals surface area contributed by atoms with E-state index in [-0.39, 0.29) is 0 Å². The quantitative estimate of drug-likeness (QED) is 0.759. The fraction of sp³-hybridized carbons (Fsp3) is 0.250. The summed E-state index contributed by atoms with van der Waals surface area (Å²) in [5.41, 5.74) is 0. The van der Waals surface area contributed by atoms with Crippen LogP contribution in [-0.4, -0.2) is 11.9 Å². The van der Waals surface area contributed by atoms with E-state index in [0.717, 1.165) is 11.1 Å².